The Morgan fingerprint density at radius 3 is 2.47 bits per heavy atom. The van der Waals surface area contributed by atoms with Crippen molar-refractivity contribution in [3.8, 4) is 5.75 Å². The zero-order chi connectivity index (χ0) is 11.3. The first kappa shape index (κ1) is 11.6. The summed E-state index contributed by atoms with van der Waals surface area (Å²) in [7, 11) is 0. The summed E-state index contributed by atoms with van der Waals surface area (Å²) in [6.07, 6.45) is 0.718. The van der Waals surface area contributed by atoms with Crippen LogP contribution in [0.5, 0.6) is 5.75 Å². The molecule has 1 atom stereocenters. The van der Waals surface area contributed by atoms with Gasteiger partial charge in [-0.3, -0.25) is 4.79 Å². The van der Waals surface area contributed by atoms with Crippen LogP contribution in [0.3, 0.4) is 0 Å². The fourth-order valence-corrected chi connectivity index (χ4v) is 1.32. The first-order valence-corrected chi connectivity index (χ1v) is 5.09. The molecule has 0 heterocycles. The number of carboxylic acid groups (broad SMARTS) is 1. The number of hydrogen-bond acceptors (Lipinski definition) is 2. The summed E-state index contributed by atoms with van der Waals surface area (Å²) < 4.78 is 5.44. The quantitative estimate of drug-likeness (QED) is 0.808. The second-order valence-electron chi connectivity index (χ2n) is 3.52. The Hall–Kier alpha value is -1.51. The molecule has 0 saturated carbocycles. The number of rotatable bonds is 5. The Morgan fingerprint density at radius 2 is 2.00 bits per heavy atom. The maximum Gasteiger partial charge on any atom is 0.307 e. The summed E-state index contributed by atoms with van der Waals surface area (Å²) in [5.41, 5.74) is 1.24. The third kappa shape index (κ3) is 4.02. The van der Waals surface area contributed by atoms with Crippen LogP contribution in [0, 0.1) is 0 Å². The second-order valence-corrected chi connectivity index (χ2v) is 3.52. The van der Waals surface area contributed by atoms with Crippen molar-refractivity contribution in [1.29, 1.82) is 0 Å². The van der Waals surface area contributed by atoms with E-state index in [4.69, 9.17) is 9.84 Å². The van der Waals surface area contributed by atoms with Gasteiger partial charge in [-0.05, 0) is 31.0 Å². The molecule has 15 heavy (non-hydrogen) atoms. The predicted octanol–water partition coefficient (Wildman–Crippen LogP) is 2.49. The molecule has 0 saturated heterocycles. The monoisotopic (exact) mass is 208 g/mol. The molecule has 0 unspecified atom stereocenters. The molecule has 1 aromatic carbocycles. The molecule has 1 rings (SSSR count). The minimum Gasteiger partial charge on any atom is -0.490 e. The predicted molar refractivity (Wildman–Crippen MR) is 58.2 cm³/mol. The van der Waals surface area contributed by atoms with Gasteiger partial charge in [0.1, 0.15) is 11.9 Å². The number of carboxylic acids is 1. The third-order valence-corrected chi connectivity index (χ3v) is 2.13. The van der Waals surface area contributed by atoms with E-state index in [1.165, 1.54) is 5.56 Å². The zero-order valence-electron chi connectivity index (χ0n) is 9.06. The molecule has 82 valence electrons. The fourth-order valence-electron chi connectivity index (χ4n) is 1.32. The smallest absolute Gasteiger partial charge is 0.307 e. The van der Waals surface area contributed by atoms with Gasteiger partial charge in [-0.25, -0.2) is 0 Å². The third-order valence-electron chi connectivity index (χ3n) is 2.13. The van der Waals surface area contributed by atoms with Gasteiger partial charge in [0.25, 0.3) is 0 Å². The van der Waals surface area contributed by atoms with E-state index in [2.05, 4.69) is 6.92 Å². The lowest BCUT2D eigenvalue weighted by atomic mass is 10.2. The molecule has 0 bridgehead atoms. The van der Waals surface area contributed by atoms with Gasteiger partial charge in [-0.15, -0.1) is 0 Å². The van der Waals surface area contributed by atoms with Gasteiger partial charge in [0.05, 0.1) is 6.42 Å². The van der Waals surface area contributed by atoms with Gasteiger partial charge in [0, 0.05) is 0 Å². The Bertz CT molecular complexity index is 316. The first-order chi connectivity index (χ1) is 7.11. The lowest BCUT2D eigenvalue weighted by Crippen LogP contribution is -2.16. The maximum atomic E-state index is 10.4. The molecule has 0 aliphatic rings. The Labute approximate surface area is 89.7 Å². The van der Waals surface area contributed by atoms with Crippen LogP contribution in [0.2, 0.25) is 0 Å². The minimum atomic E-state index is -0.840. The summed E-state index contributed by atoms with van der Waals surface area (Å²) in [5, 5.41) is 8.56. The van der Waals surface area contributed by atoms with E-state index < -0.39 is 5.97 Å². The van der Waals surface area contributed by atoms with Gasteiger partial charge < -0.3 is 9.84 Å². The highest BCUT2D eigenvalue weighted by Crippen LogP contribution is 2.15. The Kier molecular flexibility index (Phi) is 4.16. The normalized spacial score (nSPS) is 12.1. The van der Waals surface area contributed by atoms with E-state index in [-0.39, 0.29) is 12.5 Å². The molecule has 1 N–H and O–H groups in total. The molecular formula is C12H16O3. The van der Waals surface area contributed by atoms with E-state index in [0.29, 0.717) is 0 Å². The summed E-state index contributed by atoms with van der Waals surface area (Å²) in [6, 6.07) is 7.72. The van der Waals surface area contributed by atoms with Gasteiger partial charge in [0.2, 0.25) is 0 Å². The molecular weight excluding hydrogens is 192 g/mol. The second kappa shape index (κ2) is 5.39. The zero-order valence-corrected chi connectivity index (χ0v) is 9.06. The molecule has 0 aliphatic heterocycles. The van der Waals surface area contributed by atoms with Gasteiger partial charge in [0.15, 0.2) is 0 Å². The van der Waals surface area contributed by atoms with Crippen molar-refractivity contribution >= 4 is 5.97 Å². The average molecular weight is 208 g/mol. The lowest BCUT2D eigenvalue weighted by molar-refractivity contribution is -0.138. The number of carbonyl (C=O) groups is 1. The van der Waals surface area contributed by atoms with Crippen molar-refractivity contribution in [2.45, 2.75) is 32.8 Å². The van der Waals surface area contributed by atoms with Crippen LogP contribution >= 0.6 is 0 Å². The number of hydrogen-bond donors (Lipinski definition) is 1. The van der Waals surface area contributed by atoms with Crippen LogP contribution in [0.1, 0.15) is 25.8 Å². The number of ether oxygens (including phenoxy) is 1. The van der Waals surface area contributed by atoms with Crippen LogP contribution in [0.15, 0.2) is 24.3 Å². The van der Waals surface area contributed by atoms with E-state index in [1.54, 1.807) is 6.92 Å². The van der Waals surface area contributed by atoms with Crippen LogP contribution in [-0.2, 0) is 11.2 Å². The first-order valence-electron chi connectivity index (χ1n) is 5.09. The number of aryl methyl sites for hydroxylation is 1. The number of aliphatic carboxylic acids is 1. The minimum absolute atomic E-state index is 0.0233. The largest absolute Gasteiger partial charge is 0.490 e. The molecule has 0 spiro atoms. The Balaban J connectivity index is 2.53. The average Bonchev–Trinajstić information content (AvgIpc) is 2.17. The fraction of sp³-hybridized carbons (Fsp3) is 0.417. The van der Waals surface area contributed by atoms with Crippen LogP contribution in [-0.4, -0.2) is 17.2 Å². The molecule has 3 nitrogen and oxygen atoms in total. The highest BCUT2D eigenvalue weighted by atomic mass is 16.5. The van der Waals surface area contributed by atoms with E-state index in [9.17, 15) is 4.79 Å². The van der Waals surface area contributed by atoms with Crippen molar-refractivity contribution in [2.75, 3.05) is 0 Å². The molecule has 0 fully saturated rings. The Morgan fingerprint density at radius 1 is 1.40 bits per heavy atom. The summed E-state index contributed by atoms with van der Waals surface area (Å²) in [5.74, 6) is -0.117. The highest BCUT2D eigenvalue weighted by molar-refractivity contribution is 5.67. The van der Waals surface area contributed by atoms with Gasteiger partial charge >= 0.3 is 5.97 Å². The van der Waals surface area contributed by atoms with Crippen molar-refractivity contribution in [3.63, 3.8) is 0 Å². The molecule has 0 aliphatic carbocycles. The van der Waals surface area contributed by atoms with Gasteiger partial charge in [-0.2, -0.15) is 0 Å². The van der Waals surface area contributed by atoms with Crippen LogP contribution in [0.4, 0.5) is 0 Å². The van der Waals surface area contributed by atoms with Crippen molar-refractivity contribution < 1.29 is 14.6 Å². The van der Waals surface area contributed by atoms with Gasteiger partial charge in [-0.1, -0.05) is 19.1 Å². The standard InChI is InChI=1S/C12H16O3/c1-3-10-4-6-11(7-5-10)15-9(2)8-12(13)14/h4-7,9H,3,8H2,1-2H3,(H,13,14)/t9-/m0/s1. The topological polar surface area (TPSA) is 46.5 Å². The van der Waals surface area contributed by atoms with Crippen molar-refractivity contribution in [1.82, 2.24) is 0 Å². The highest BCUT2D eigenvalue weighted by Gasteiger charge is 2.08. The molecule has 0 amide bonds. The van der Waals surface area contributed by atoms with E-state index in [1.807, 2.05) is 24.3 Å². The summed E-state index contributed by atoms with van der Waals surface area (Å²) in [4.78, 5) is 10.4. The van der Waals surface area contributed by atoms with Crippen molar-refractivity contribution in [3.05, 3.63) is 29.8 Å². The molecule has 0 radical (unpaired) electrons. The summed E-state index contributed by atoms with van der Waals surface area (Å²) in [6.45, 7) is 3.84. The van der Waals surface area contributed by atoms with E-state index in [0.717, 1.165) is 12.2 Å². The van der Waals surface area contributed by atoms with Crippen LogP contribution < -0.4 is 4.74 Å². The lowest BCUT2D eigenvalue weighted by Gasteiger charge is -2.12. The van der Waals surface area contributed by atoms with Crippen molar-refractivity contribution in [2.24, 2.45) is 0 Å². The van der Waals surface area contributed by atoms with E-state index >= 15 is 0 Å². The summed E-state index contributed by atoms with van der Waals surface area (Å²) >= 11 is 0. The number of benzene rings is 1. The SMILES string of the molecule is CCc1ccc(O[C@@H](C)CC(=O)O)cc1. The molecule has 1 aromatic rings. The molecule has 0 aromatic heterocycles. The van der Waals surface area contributed by atoms with Crippen LogP contribution in [0.25, 0.3) is 0 Å². The maximum absolute atomic E-state index is 10.4. The molecule has 3 heteroatoms.